The number of halogens is 1. The van der Waals surface area contributed by atoms with Crippen LogP contribution in [-0.2, 0) is 4.79 Å². The van der Waals surface area contributed by atoms with Gasteiger partial charge in [0.2, 0.25) is 5.91 Å². The van der Waals surface area contributed by atoms with Gasteiger partial charge in [-0.3, -0.25) is 4.79 Å². The largest absolute Gasteiger partial charge is 0.336 e. The molecule has 2 fully saturated rings. The van der Waals surface area contributed by atoms with E-state index >= 15 is 0 Å². The van der Waals surface area contributed by atoms with E-state index in [2.05, 4.69) is 0 Å². The van der Waals surface area contributed by atoms with Gasteiger partial charge in [-0.2, -0.15) is 0 Å². The molecule has 1 saturated heterocycles. The van der Waals surface area contributed by atoms with Gasteiger partial charge in [-0.25, -0.2) is 0 Å². The number of nitrogens with zero attached hydrogens (tertiary/aromatic N) is 1. The van der Waals surface area contributed by atoms with Gasteiger partial charge in [0, 0.05) is 23.5 Å². The molecule has 0 bridgehead atoms. The van der Waals surface area contributed by atoms with Crippen LogP contribution in [0.1, 0.15) is 56.6 Å². The van der Waals surface area contributed by atoms with Crippen molar-refractivity contribution in [3.8, 4) is 0 Å². The predicted molar refractivity (Wildman–Crippen MR) is 85.1 cm³/mol. The Labute approximate surface area is 131 Å². The van der Waals surface area contributed by atoms with Gasteiger partial charge in [-0.15, -0.1) is 0 Å². The van der Waals surface area contributed by atoms with Crippen LogP contribution in [-0.4, -0.2) is 22.9 Å². The Morgan fingerprint density at radius 2 is 2.00 bits per heavy atom. The molecule has 0 radical (unpaired) electrons. The number of carbonyl (C=O) groups excluding carboxylic acids is 1. The summed E-state index contributed by atoms with van der Waals surface area (Å²) in [5.41, 5.74) is 7.17. The van der Waals surface area contributed by atoms with Gasteiger partial charge in [0.15, 0.2) is 0 Å². The smallest absolute Gasteiger partial charge is 0.224 e. The summed E-state index contributed by atoms with van der Waals surface area (Å²) in [6.45, 7) is 0.824. The molecule has 1 heterocycles. The lowest BCUT2D eigenvalue weighted by Crippen LogP contribution is -2.43. The maximum absolute atomic E-state index is 12.7. The molecule has 1 aliphatic carbocycles. The Hall–Kier alpha value is -1.06. The minimum absolute atomic E-state index is 0.121. The number of benzene rings is 1. The summed E-state index contributed by atoms with van der Waals surface area (Å²) in [4.78, 5) is 14.7. The second kappa shape index (κ2) is 5.98. The first kappa shape index (κ1) is 14.9. The van der Waals surface area contributed by atoms with Crippen molar-refractivity contribution in [2.75, 3.05) is 6.54 Å². The molecule has 0 spiro atoms. The predicted octanol–water partition coefficient (Wildman–Crippen LogP) is 3.67. The van der Waals surface area contributed by atoms with Gasteiger partial charge in [0.1, 0.15) is 0 Å². The van der Waals surface area contributed by atoms with Crippen molar-refractivity contribution in [2.45, 2.75) is 56.5 Å². The van der Waals surface area contributed by atoms with Crippen LogP contribution in [0, 0.1) is 0 Å². The number of hydrogen-bond acceptors (Lipinski definition) is 2. The summed E-state index contributed by atoms with van der Waals surface area (Å²) in [6, 6.07) is 7.98. The highest BCUT2D eigenvalue weighted by molar-refractivity contribution is 6.31. The van der Waals surface area contributed by atoms with Crippen LogP contribution in [0.3, 0.4) is 0 Å². The van der Waals surface area contributed by atoms with Gasteiger partial charge in [0.05, 0.1) is 6.04 Å². The first-order valence-electron chi connectivity index (χ1n) is 7.92. The average molecular weight is 307 g/mol. The maximum Gasteiger partial charge on any atom is 0.224 e. The summed E-state index contributed by atoms with van der Waals surface area (Å²) in [6.07, 6.45) is 6.77. The van der Waals surface area contributed by atoms with Crippen molar-refractivity contribution >= 4 is 17.5 Å². The zero-order valence-corrected chi connectivity index (χ0v) is 13.1. The van der Waals surface area contributed by atoms with E-state index in [4.69, 9.17) is 17.3 Å². The molecule has 21 heavy (non-hydrogen) atoms. The van der Waals surface area contributed by atoms with E-state index in [-0.39, 0.29) is 17.5 Å². The standard InChI is InChI=1S/C17H23ClN2O/c18-14-7-2-1-6-13(14)15-8-5-11-20(15)16(21)12-17(19)9-3-4-10-17/h1-2,6-7,15H,3-5,8-12,19H2. The van der Waals surface area contributed by atoms with Gasteiger partial charge >= 0.3 is 0 Å². The third-order valence-corrected chi connectivity index (χ3v) is 5.28. The molecule has 1 aromatic carbocycles. The summed E-state index contributed by atoms with van der Waals surface area (Å²) in [7, 11) is 0. The zero-order valence-electron chi connectivity index (χ0n) is 12.4. The summed E-state index contributed by atoms with van der Waals surface area (Å²) < 4.78 is 0. The van der Waals surface area contributed by atoms with Crippen molar-refractivity contribution in [2.24, 2.45) is 5.73 Å². The van der Waals surface area contributed by atoms with Crippen molar-refractivity contribution in [1.29, 1.82) is 0 Å². The van der Waals surface area contributed by atoms with E-state index in [0.717, 1.165) is 55.7 Å². The number of hydrogen-bond donors (Lipinski definition) is 1. The second-order valence-electron chi connectivity index (χ2n) is 6.51. The van der Waals surface area contributed by atoms with Gasteiger partial charge in [-0.05, 0) is 37.3 Å². The normalized spacial score (nSPS) is 24.5. The quantitative estimate of drug-likeness (QED) is 0.926. The Morgan fingerprint density at radius 3 is 2.71 bits per heavy atom. The monoisotopic (exact) mass is 306 g/mol. The Morgan fingerprint density at radius 1 is 1.29 bits per heavy atom. The van der Waals surface area contributed by atoms with E-state index in [9.17, 15) is 4.79 Å². The molecule has 2 N–H and O–H groups in total. The third kappa shape index (κ3) is 3.09. The van der Waals surface area contributed by atoms with Gasteiger partial charge < -0.3 is 10.6 Å². The maximum atomic E-state index is 12.7. The minimum Gasteiger partial charge on any atom is -0.336 e. The molecular weight excluding hydrogens is 284 g/mol. The first-order chi connectivity index (χ1) is 10.1. The molecule has 4 heteroatoms. The summed E-state index contributed by atoms with van der Waals surface area (Å²) in [5.74, 6) is 0.196. The van der Waals surface area contributed by atoms with E-state index < -0.39 is 0 Å². The molecule has 1 atom stereocenters. The number of amides is 1. The molecule has 1 unspecified atom stereocenters. The Bertz CT molecular complexity index is 525. The molecule has 1 amide bonds. The first-order valence-corrected chi connectivity index (χ1v) is 8.30. The fourth-order valence-corrected chi connectivity index (χ4v) is 4.05. The van der Waals surface area contributed by atoms with Crippen LogP contribution in [0.2, 0.25) is 5.02 Å². The van der Waals surface area contributed by atoms with E-state index in [1.165, 1.54) is 0 Å². The van der Waals surface area contributed by atoms with E-state index in [1.807, 2.05) is 29.2 Å². The number of rotatable bonds is 3. The summed E-state index contributed by atoms with van der Waals surface area (Å²) in [5, 5.41) is 0.755. The van der Waals surface area contributed by atoms with E-state index in [0.29, 0.717) is 6.42 Å². The molecule has 0 aromatic heterocycles. The molecule has 3 rings (SSSR count). The zero-order chi connectivity index (χ0) is 14.9. The lowest BCUT2D eigenvalue weighted by atomic mass is 9.93. The van der Waals surface area contributed by atoms with Crippen molar-refractivity contribution < 1.29 is 4.79 Å². The highest BCUT2D eigenvalue weighted by Gasteiger charge is 2.37. The second-order valence-corrected chi connectivity index (χ2v) is 6.92. The lowest BCUT2D eigenvalue weighted by Gasteiger charge is -2.30. The highest BCUT2D eigenvalue weighted by atomic mass is 35.5. The molecule has 2 aliphatic rings. The fourth-order valence-electron chi connectivity index (χ4n) is 3.79. The SMILES string of the molecule is NC1(CC(=O)N2CCCC2c2ccccc2Cl)CCCC1. The van der Waals surface area contributed by atoms with Crippen LogP contribution in [0.5, 0.6) is 0 Å². The van der Waals surface area contributed by atoms with Crippen molar-refractivity contribution in [1.82, 2.24) is 4.90 Å². The minimum atomic E-state index is -0.273. The fraction of sp³-hybridized carbons (Fsp3) is 0.588. The molecule has 1 aromatic rings. The molecule has 3 nitrogen and oxygen atoms in total. The number of likely N-dealkylation sites (tertiary alicyclic amines) is 1. The topological polar surface area (TPSA) is 46.3 Å². The van der Waals surface area contributed by atoms with Crippen LogP contribution < -0.4 is 5.73 Å². The average Bonchev–Trinajstić information content (AvgIpc) is 3.08. The number of carbonyl (C=O) groups is 1. The van der Waals surface area contributed by atoms with Crippen molar-refractivity contribution in [3.63, 3.8) is 0 Å². The van der Waals surface area contributed by atoms with Crippen LogP contribution >= 0.6 is 11.6 Å². The lowest BCUT2D eigenvalue weighted by molar-refractivity contribution is -0.133. The summed E-state index contributed by atoms with van der Waals surface area (Å²) >= 11 is 6.31. The van der Waals surface area contributed by atoms with Crippen molar-refractivity contribution in [3.05, 3.63) is 34.9 Å². The van der Waals surface area contributed by atoms with Crippen LogP contribution in [0.25, 0.3) is 0 Å². The Balaban J connectivity index is 1.75. The molecular formula is C17H23ClN2O. The van der Waals surface area contributed by atoms with Crippen LogP contribution in [0.4, 0.5) is 0 Å². The molecule has 114 valence electrons. The van der Waals surface area contributed by atoms with Crippen LogP contribution in [0.15, 0.2) is 24.3 Å². The third-order valence-electron chi connectivity index (χ3n) is 4.94. The molecule has 1 saturated carbocycles. The van der Waals surface area contributed by atoms with Gasteiger partial charge in [0.25, 0.3) is 0 Å². The van der Waals surface area contributed by atoms with E-state index in [1.54, 1.807) is 0 Å². The highest BCUT2D eigenvalue weighted by Crippen LogP contribution is 2.38. The Kier molecular flexibility index (Phi) is 4.23. The molecule has 1 aliphatic heterocycles. The van der Waals surface area contributed by atoms with Gasteiger partial charge in [-0.1, -0.05) is 42.6 Å². The number of nitrogens with two attached hydrogens (primary N) is 1.